The molecule has 1 aromatic heterocycles. The molecule has 0 spiro atoms. The number of allylic oxidation sites excluding steroid dienone is 1. The van der Waals surface area contributed by atoms with E-state index in [1.807, 2.05) is 6.92 Å². The smallest absolute Gasteiger partial charge is 0.222 e. The number of aryl methyl sites for hydroxylation is 1. The molecule has 1 aliphatic heterocycles. The summed E-state index contributed by atoms with van der Waals surface area (Å²) in [6.45, 7) is 4.26. The molecule has 5 heteroatoms. The van der Waals surface area contributed by atoms with Gasteiger partial charge in [-0.15, -0.1) is 9.24 Å². The van der Waals surface area contributed by atoms with Crippen molar-refractivity contribution in [1.82, 2.24) is 14.9 Å². The first kappa shape index (κ1) is 13.2. The predicted octanol–water partition coefficient (Wildman–Crippen LogP) is 3.06. The Morgan fingerprint density at radius 3 is 3.11 bits per heavy atom. The third-order valence-corrected chi connectivity index (χ3v) is 4.53. The zero-order valence-corrected chi connectivity index (χ0v) is 12.9. The van der Waals surface area contributed by atoms with Gasteiger partial charge in [-0.1, -0.05) is 11.6 Å². The first-order valence-electron chi connectivity index (χ1n) is 6.51. The van der Waals surface area contributed by atoms with E-state index in [0.29, 0.717) is 5.28 Å². The standard InChI is InChI=1S/C14H17ClN3P/c1-9-6-16-14(15)17-13(9)11-4-10-2-3-18(8-19)7-12(10)5-11/h5-6H,2-4,7-8,19H2,1H3. The minimum absolute atomic E-state index is 0.331. The molecule has 0 bridgehead atoms. The minimum Gasteiger partial charge on any atom is -0.295 e. The van der Waals surface area contributed by atoms with Gasteiger partial charge < -0.3 is 0 Å². The van der Waals surface area contributed by atoms with E-state index in [1.54, 1.807) is 11.8 Å². The van der Waals surface area contributed by atoms with Crippen LogP contribution in [-0.2, 0) is 0 Å². The topological polar surface area (TPSA) is 29.0 Å². The number of hydrogen-bond acceptors (Lipinski definition) is 3. The zero-order valence-electron chi connectivity index (χ0n) is 11.0. The van der Waals surface area contributed by atoms with Crippen molar-refractivity contribution in [3.05, 3.63) is 40.0 Å². The average Bonchev–Trinajstić information content (AvgIpc) is 2.83. The molecule has 1 atom stereocenters. The van der Waals surface area contributed by atoms with Crippen molar-refractivity contribution in [2.75, 3.05) is 19.4 Å². The van der Waals surface area contributed by atoms with E-state index in [1.165, 1.54) is 17.6 Å². The molecular weight excluding hydrogens is 277 g/mol. The number of aromatic nitrogens is 2. The fourth-order valence-corrected chi connectivity index (χ4v) is 3.22. The second kappa shape index (κ2) is 5.32. The van der Waals surface area contributed by atoms with Gasteiger partial charge in [-0.05, 0) is 48.1 Å². The van der Waals surface area contributed by atoms with E-state index >= 15 is 0 Å². The quantitative estimate of drug-likeness (QED) is 0.620. The Balaban J connectivity index is 1.88. The summed E-state index contributed by atoms with van der Waals surface area (Å²) in [5.74, 6) is 0. The third kappa shape index (κ3) is 2.60. The molecule has 1 aromatic rings. The van der Waals surface area contributed by atoms with Crippen LogP contribution in [0.4, 0.5) is 0 Å². The van der Waals surface area contributed by atoms with Gasteiger partial charge in [-0.25, -0.2) is 9.97 Å². The van der Waals surface area contributed by atoms with Crippen LogP contribution < -0.4 is 0 Å². The van der Waals surface area contributed by atoms with Gasteiger partial charge in [0.05, 0.1) is 5.69 Å². The summed E-state index contributed by atoms with van der Waals surface area (Å²) in [6.07, 6.45) is 7.33. The Hall–Kier alpha value is -0.760. The monoisotopic (exact) mass is 293 g/mol. The zero-order chi connectivity index (χ0) is 13.4. The SMILES string of the molecule is Cc1cnc(Cl)nc1C1=CC2=C(CCN(CP)C2)C1. The normalized spacial score (nSPS) is 19.6. The average molecular weight is 294 g/mol. The Labute approximate surface area is 121 Å². The largest absolute Gasteiger partial charge is 0.295 e. The van der Waals surface area contributed by atoms with Crippen LogP contribution >= 0.6 is 20.8 Å². The number of halogens is 1. The van der Waals surface area contributed by atoms with Crippen LogP contribution in [0.2, 0.25) is 5.28 Å². The molecule has 1 unspecified atom stereocenters. The van der Waals surface area contributed by atoms with Crippen LogP contribution in [0.25, 0.3) is 5.57 Å². The Morgan fingerprint density at radius 1 is 1.47 bits per heavy atom. The van der Waals surface area contributed by atoms with Gasteiger partial charge in [0, 0.05) is 25.6 Å². The molecule has 0 saturated heterocycles. The summed E-state index contributed by atoms with van der Waals surface area (Å²) < 4.78 is 0. The van der Waals surface area contributed by atoms with E-state index < -0.39 is 0 Å². The van der Waals surface area contributed by atoms with Crippen molar-refractivity contribution in [1.29, 1.82) is 0 Å². The summed E-state index contributed by atoms with van der Waals surface area (Å²) in [5, 5.41) is 0.331. The summed E-state index contributed by atoms with van der Waals surface area (Å²) in [6, 6.07) is 0. The number of nitrogens with zero attached hydrogens (tertiary/aromatic N) is 3. The molecule has 0 saturated carbocycles. The molecule has 0 aromatic carbocycles. The summed E-state index contributed by atoms with van der Waals surface area (Å²) in [4.78, 5) is 10.9. The second-order valence-electron chi connectivity index (χ2n) is 5.13. The van der Waals surface area contributed by atoms with Gasteiger partial charge in [-0.3, -0.25) is 4.90 Å². The molecule has 3 nitrogen and oxygen atoms in total. The Kier molecular flexibility index (Phi) is 3.70. The molecule has 0 N–H and O–H groups in total. The van der Waals surface area contributed by atoms with Crippen molar-refractivity contribution in [3.8, 4) is 0 Å². The molecule has 0 fully saturated rings. The number of hydrogen-bond donors (Lipinski definition) is 0. The van der Waals surface area contributed by atoms with E-state index in [0.717, 1.165) is 37.1 Å². The van der Waals surface area contributed by atoms with E-state index in [9.17, 15) is 0 Å². The molecule has 0 amide bonds. The van der Waals surface area contributed by atoms with E-state index in [2.05, 4.69) is 30.2 Å². The lowest BCUT2D eigenvalue weighted by Crippen LogP contribution is -2.29. The van der Waals surface area contributed by atoms with Gasteiger partial charge in [0.2, 0.25) is 5.28 Å². The van der Waals surface area contributed by atoms with Crippen LogP contribution in [0.3, 0.4) is 0 Å². The predicted molar refractivity (Wildman–Crippen MR) is 82.2 cm³/mol. The van der Waals surface area contributed by atoms with Crippen molar-refractivity contribution in [3.63, 3.8) is 0 Å². The van der Waals surface area contributed by atoms with Crippen molar-refractivity contribution < 1.29 is 0 Å². The Morgan fingerprint density at radius 2 is 2.32 bits per heavy atom. The van der Waals surface area contributed by atoms with Crippen molar-refractivity contribution >= 4 is 26.4 Å². The maximum absolute atomic E-state index is 5.92. The highest BCUT2D eigenvalue weighted by atomic mass is 35.5. The molecule has 0 radical (unpaired) electrons. The second-order valence-corrected chi connectivity index (χ2v) is 5.83. The van der Waals surface area contributed by atoms with E-state index in [4.69, 9.17) is 11.6 Å². The van der Waals surface area contributed by atoms with Crippen LogP contribution in [0, 0.1) is 6.92 Å². The van der Waals surface area contributed by atoms with Crippen molar-refractivity contribution in [2.24, 2.45) is 0 Å². The lowest BCUT2D eigenvalue weighted by molar-refractivity contribution is 0.337. The molecule has 2 aliphatic rings. The first-order chi connectivity index (χ1) is 9.17. The first-order valence-corrected chi connectivity index (χ1v) is 7.70. The summed E-state index contributed by atoms with van der Waals surface area (Å²) >= 11 is 5.92. The van der Waals surface area contributed by atoms with Gasteiger partial charge in [-0.2, -0.15) is 0 Å². The van der Waals surface area contributed by atoms with Crippen LogP contribution in [0.1, 0.15) is 24.1 Å². The fraction of sp³-hybridized carbons (Fsp3) is 0.429. The molecule has 19 heavy (non-hydrogen) atoms. The van der Waals surface area contributed by atoms with Crippen molar-refractivity contribution in [2.45, 2.75) is 19.8 Å². The lowest BCUT2D eigenvalue weighted by Gasteiger charge is -2.26. The highest BCUT2D eigenvalue weighted by molar-refractivity contribution is 7.16. The van der Waals surface area contributed by atoms with Gasteiger partial charge in [0.1, 0.15) is 0 Å². The molecule has 2 heterocycles. The molecule has 100 valence electrons. The van der Waals surface area contributed by atoms with Crippen LogP contribution in [-0.4, -0.2) is 34.2 Å². The minimum atomic E-state index is 0.331. The molecule has 3 rings (SSSR count). The highest BCUT2D eigenvalue weighted by Gasteiger charge is 2.24. The highest BCUT2D eigenvalue weighted by Crippen LogP contribution is 2.37. The molecule has 1 aliphatic carbocycles. The van der Waals surface area contributed by atoms with Gasteiger partial charge in [0.25, 0.3) is 0 Å². The van der Waals surface area contributed by atoms with E-state index in [-0.39, 0.29) is 0 Å². The van der Waals surface area contributed by atoms with Gasteiger partial charge >= 0.3 is 0 Å². The Bertz CT molecular complexity index is 580. The third-order valence-electron chi connectivity index (χ3n) is 3.83. The summed E-state index contributed by atoms with van der Waals surface area (Å²) in [5.41, 5.74) is 6.43. The molecular formula is C14H17ClN3P. The van der Waals surface area contributed by atoms with Crippen LogP contribution in [0.15, 0.2) is 23.4 Å². The maximum atomic E-state index is 5.92. The number of rotatable bonds is 2. The van der Waals surface area contributed by atoms with Gasteiger partial charge in [0.15, 0.2) is 0 Å². The fourth-order valence-electron chi connectivity index (χ4n) is 2.78. The van der Waals surface area contributed by atoms with Crippen LogP contribution in [0.5, 0.6) is 0 Å². The maximum Gasteiger partial charge on any atom is 0.222 e. The summed E-state index contributed by atoms with van der Waals surface area (Å²) in [7, 11) is 2.80. The lowest BCUT2D eigenvalue weighted by atomic mass is 10.0.